The standard InChI is InChI=1S/C17H18ClF3N2O3/c1-15(2,3)26-14(24)23-12-9-22-13(18)8-11(12)16(25,17(19,20)21)7-6-10-4-5-10/h8-10,25H,4-5H2,1-3H3,(H,23,24). The minimum atomic E-state index is -5.12. The molecule has 1 aliphatic carbocycles. The van der Waals surface area contributed by atoms with Crippen LogP contribution in [0.5, 0.6) is 0 Å². The molecule has 142 valence electrons. The lowest BCUT2D eigenvalue weighted by Crippen LogP contribution is -2.42. The summed E-state index contributed by atoms with van der Waals surface area (Å²) in [4.78, 5) is 15.6. The fourth-order valence-corrected chi connectivity index (χ4v) is 2.13. The van der Waals surface area contributed by atoms with E-state index in [1.807, 2.05) is 5.92 Å². The summed E-state index contributed by atoms with van der Waals surface area (Å²) in [6.45, 7) is 4.79. The van der Waals surface area contributed by atoms with E-state index in [1.54, 1.807) is 20.8 Å². The van der Waals surface area contributed by atoms with Crippen LogP contribution in [-0.4, -0.2) is 28.0 Å². The van der Waals surface area contributed by atoms with E-state index >= 15 is 0 Å². The molecule has 0 radical (unpaired) electrons. The predicted molar refractivity (Wildman–Crippen MR) is 89.6 cm³/mol. The zero-order chi connectivity index (χ0) is 19.8. The van der Waals surface area contributed by atoms with Crippen molar-refractivity contribution in [3.05, 3.63) is 23.0 Å². The molecule has 1 atom stereocenters. The highest BCUT2D eigenvalue weighted by molar-refractivity contribution is 6.29. The van der Waals surface area contributed by atoms with Gasteiger partial charge in [-0.05, 0) is 39.7 Å². The number of alkyl halides is 3. The number of amides is 1. The molecule has 0 saturated heterocycles. The first-order chi connectivity index (χ1) is 11.8. The average Bonchev–Trinajstić information content (AvgIpc) is 3.27. The second-order valence-electron chi connectivity index (χ2n) is 6.93. The monoisotopic (exact) mass is 390 g/mol. The maximum Gasteiger partial charge on any atom is 0.433 e. The number of anilines is 1. The van der Waals surface area contributed by atoms with E-state index in [0.29, 0.717) is 12.8 Å². The van der Waals surface area contributed by atoms with Crippen LogP contribution >= 0.6 is 11.6 Å². The largest absolute Gasteiger partial charge is 0.444 e. The number of carbonyl (C=O) groups excluding carboxylic acids is 1. The van der Waals surface area contributed by atoms with Gasteiger partial charge in [-0.2, -0.15) is 13.2 Å². The van der Waals surface area contributed by atoms with Crippen molar-refractivity contribution >= 4 is 23.4 Å². The third-order valence-corrected chi connectivity index (χ3v) is 3.55. The summed E-state index contributed by atoms with van der Waals surface area (Å²) >= 11 is 5.71. The Morgan fingerprint density at radius 3 is 2.50 bits per heavy atom. The van der Waals surface area contributed by atoms with Gasteiger partial charge in [0.25, 0.3) is 0 Å². The third-order valence-electron chi connectivity index (χ3n) is 3.34. The summed E-state index contributed by atoms with van der Waals surface area (Å²) in [6.07, 6.45) is -3.84. The van der Waals surface area contributed by atoms with Gasteiger partial charge in [-0.1, -0.05) is 23.4 Å². The highest BCUT2D eigenvalue weighted by atomic mass is 35.5. The zero-order valence-electron chi connectivity index (χ0n) is 14.4. The van der Waals surface area contributed by atoms with Gasteiger partial charge >= 0.3 is 12.3 Å². The molecule has 0 spiro atoms. The molecule has 5 nitrogen and oxygen atoms in total. The van der Waals surface area contributed by atoms with E-state index in [0.717, 1.165) is 12.3 Å². The van der Waals surface area contributed by atoms with Gasteiger partial charge in [0, 0.05) is 11.5 Å². The van der Waals surface area contributed by atoms with E-state index in [4.69, 9.17) is 16.3 Å². The van der Waals surface area contributed by atoms with Crippen LogP contribution in [0.15, 0.2) is 12.3 Å². The topological polar surface area (TPSA) is 71.5 Å². The van der Waals surface area contributed by atoms with Crippen LogP contribution in [0.4, 0.5) is 23.7 Å². The first-order valence-electron chi connectivity index (χ1n) is 7.79. The maximum atomic E-state index is 13.6. The van der Waals surface area contributed by atoms with Gasteiger partial charge in [0.1, 0.15) is 10.8 Å². The summed E-state index contributed by atoms with van der Waals surface area (Å²) in [5.41, 5.74) is -5.49. The molecule has 1 heterocycles. The second kappa shape index (κ2) is 6.97. The Balaban J connectivity index is 2.47. The molecule has 0 bridgehead atoms. The van der Waals surface area contributed by atoms with Crippen LogP contribution in [0.1, 0.15) is 39.2 Å². The Hall–Kier alpha value is -1.98. The van der Waals surface area contributed by atoms with Gasteiger partial charge in [0.15, 0.2) is 0 Å². The van der Waals surface area contributed by atoms with Crippen molar-refractivity contribution in [2.45, 2.75) is 51.0 Å². The molecular formula is C17H18ClF3N2O3. The molecule has 1 aromatic heterocycles. The lowest BCUT2D eigenvalue weighted by Gasteiger charge is -2.28. The van der Waals surface area contributed by atoms with Crippen molar-refractivity contribution in [1.82, 2.24) is 4.98 Å². The van der Waals surface area contributed by atoms with E-state index in [2.05, 4.69) is 16.2 Å². The number of hydrogen-bond acceptors (Lipinski definition) is 4. The Kier molecular flexibility index (Phi) is 5.45. The number of hydrogen-bond donors (Lipinski definition) is 2. The number of aliphatic hydroxyl groups is 1. The maximum absolute atomic E-state index is 13.6. The average molecular weight is 391 g/mol. The zero-order valence-corrected chi connectivity index (χ0v) is 15.1. The second-order valence-corrected chi connectivity index (χ2v) is 7.32. The molecule has 1 saturated carbocycles. The SMILES string of the molecule is CC(C)(C)OC(=O)Nc1cnc(Cl)cc1C(O)(C#CC1CC1)C(F)(F)F. The van der Waals surface area contributed by atoms with Crippen LogP contribution in [0.2, 0.25) is 5.15 Å². The van der Waals surface area contributed by atoms with Gasteiger partial charge in [-0.3, -0.25) is 5.32 Å². The van der Waals surface area contributed by atoms with Crippen LogP contribution in [0, 0.1) is 17.8 Å². The number of aromatic nitrogens is 1. The molecule has 0 aliphatic heterocycles. The molecule has 26 heavy (non-hydrogen) atoms. The molecule has 1 amide bonds. The van der Waals surface area contributed by atoms with Crippen LogP contribution in [-0.2, 0) is 10.3 Å². The fourth-order valence-electron chi connectivity index (χ4n) is 1.97. The summed E-state index contributed by atoms with van der Waals surface area (Å²) in [5, 5.41) is 12.2. The molecule has 0 aromatic carbocycles. The molecule has 2 rings (SSSR count). The number of carbonyl (C=O) groups is 1. The van der Waals surface area contributed by atoms with Crippen molar-refractivity contribution in [2.75, 3.05) is 5.32 Å². The number of ether oxygens (including phenoxy) is 1. The lowest BCUT2D eigenvalue weighted by molar-refractivity contribution is -0.240. The number of nitrogens with one attached hydrogen (secondary N) is 1. The number of rotatable bonds is 2. The van der Waals surface area contributed by atoms with Gasteiger partial charge in [0.05, 0.1) is 11.9 Å². The first kappa shape index (κ1) is 20.3. The van der Waals surface area contributed by atoms with Crippen LogP contribution in [0.3, 0.4) is 0 Å². The third kappa shape index (κ3) is 5.02. The number of halogens is 4. The first-order valence-corrected chi connectivity index (χ1v) is 8.17. The molecule has 1 aliphatic rings. The minimum Gasteiger partial charge on any atom is -0.444 e. The molecular weight excluding hydrogens is 373 g/mol. The Labute approximate surface area is 153 Å². The van der Waals surface area contributed by atoms with E-state index in [-0.39, 0.29) is 11.1 Å². The Morgan fingerprint density at radius 1 is 1.38 bits per heavy atom. The highest BCUT2D eigenvalue weighted by Crippen LogP contribution is 2.43. The Morgan fingerprint density at radius 2 is 2.00 bits per heavy atom. The summed E-state index contributed by atoms with van der Waals surface area (Å²) < 4.78 is 45.9. The summed E-state index contributed by atoms with van der Waals surface area (Å²) in [6, 6.07) is 0.823. The molecule has 2 N–H and O–H groups in total. The predicted octanol–water partition coefficient (Wildman–Crippen LogP) is 4.25. The van der Waals surface area contributed by atoms with E-state index in [9.17, 15) is 23.1 Å². The van der Waals surface area contributed by atoms with Crippen molar-refractivity contribution in [3.63, 3.8) is 0 Å². The van der Waals surface area contributed by atoms with E-state index < -0.39 is 34.7 Å². The van der Waals surface area contributed by atoms with Gasteiger partial charge in [-0.15, -0.1) is 0 Å². The van der Waals surface area contributed by atoms with Crippen molar-refractivity contribution in [1.29, 1.82) is 0 Å². The van der Waals surface area contributed by atoms with Crippen molar-refractivity contribution < 1.29 is 27.8 Å². The van der Waals surface area contributed by atoms with Crippen molar-refractivity contribution in [3.8, 4) is 11.8 Å². The smallest absolute Gasteiger partial charge is 0.433 e. The summed E-state index contributed by atoms with van der Waals surface area (Å²) in [7, 11) is 0. The molecule has 9 heteroatoms. The normalized spacial score (nSPS) is 16.9. The van der Waals surface area contributed by atoms with Gasteiger partial charge in [-0.25, -0.2) is 9.78 Å². The summed E-state index contributed by atoms with van der Waals surface area (Å²) in [5.74, 6) is 4.14. The van der Waals surface area contributed by atoms with Crippen LogP contribution in [0.25, 0.3) is 0 Å². The number of pyridine rings is 1. The number of nitrogens with zero attached hydrogens (tertiary/aromatic N) is 1. The molecule has 1 fully saturated rings. The fraction of sp³-hybridized carbons (Fsp3) is 0.529. The van der Waals surface area contributed by atoms with Gasteiger partial charge < -0.3 is 9.84 Å². The quantitative estimate of drug-likeness (QED) is 0.585. The van der Waals surface area contributed by atoms with Crippen molar-refractivity contribution in [2.24, 2.45) is 5.92 Å². The van der Waals surface area contributed by atoms with Gasteiger partial charge in [0.2, 0.25) is 5.60 Å². The highest BCUT2D eigenvalue weighted by Gasteiger charge is 2.56. The molecule has 1 unspecified atom stereocenters. The lowest BCUT2D eigenvalue weighted by atomic mass is 9.92. The van der Waals surface area contributed by atoms with E-state index in [1.165, 1.54) is 0 Å². The minimum absolute atomic E-state index is 0.177. The molecule has 1 aromatic rings. The van der Waals surface area contributed by atoms with Crippen LogP contribution < -0.4 is 5.32 Å². The Bertz CT molecular complexity index is 761.